The van der Waals surface area contributed by atoms with Crippen LogP contribution in [0.1, 0.15) is 40.0 Å². The molecule has 0 aliphatic carbocycles. The van der Waals surface area contributed by atoms with Crippen molar-refractivity contribution in [3.05, 3.63) is 36.0 Å². The van der Waals surface area contributed by atoms with Gasteiger partial charge in [0.25, 0.3) is 0 Å². The van der Waals surface area contributed by atoms with Crippen LogP contribution in [0.2, 0.25) is 0 Å². The lowest BCUT2D eigenvalue weighted by Crippen LogP contribution is -1.80. The molecule has 0 fully saturated rings. The summed E-state index contributed by atoms with van der Waals surface area (Å²) < 4.78 is 0. The Hall–Kier alpha value is -0.780. The van der Waals surface area contributed by atoms with Gasteiger partial charge in [0.2, 0.25) is 0 Å². The van der Waals surface area contributed by atoms with E-state index in [1.54, 1.807) is 0 Å². The summed E-state index contributed by atoms with van der Waals surface area (Å²) >= 11 is 0. The summed E-state index contributed by atoms with van der Waals surface area (Å²) in [6.45, 7) is 10.2. The van der Waals surface area contributed by atoms with Crippen molar-refractivity contribution in [3.8, 4) is 0 Å². The second-order valence-corrected chi connectivity index (χ2v) is 3.13. The van der Waals surface area contributed by atoms with Gasteiger partial charge in [-0.25, -0.2) is 0 Å². The summed E-state index contributed by atoms with van der Waals surface area (Å²) in [6, 6.07) is 0. The Balaban J connectivity index is 3.85. The maximum atomic E-state index is 3.89. The third-order valence-corrected chi connectivity index (χ3v) is 1.78. The maximum absolute atomic E-state index is 3.89. The van der Waals surface area contributed by atoms with Crippen LogP contribution >= 0.6 is 0 Å². The van der Waals surface area contributed by atoms with E-state index >= 15 is 0 Å². The first-order valence-electron chi connectivity index (χ1n) is 4.66. The average Bonchev–Trinajstić information content (AvgIpc) is 2.05. The molecule has 0 aliphatic rings. The molecule has 0 N–H and O–H groups in total. The van der Waals surface area contributed by atoms with Crippen molar-refractivity contribution >= 4 is 0 Å². The zero-order chi connectivity index (χ0) is 9.40. The van der Waals surface area contributed by atoms with E-state index in [1.165, 1.54) is 11.1 Å². The molecule has 0 atom stereocenters. The van der Waals surface area contributed by atoms with Gasteiger partial charge in [-0.3, -0.25) is 0 Å². The maximum Gasteiger partial charge on any atom is -0.0245 e. The van der Waals surface area contributed by atoms with Crippen LogP contribution in [0.25, 0.3) is 0 Å². The van der Waals surface area contributed by atoms with Crippen LogP contribution in [-0.4, -0.2) is 0 Å². The molecule has 0 aliphatic heterocycles. The Morgan fingerprint density at radius 1 is 1.33 bits per heavy atom. The van der Waals surface area contributed by atoms with E-state index < -0.39 is 0 Å². The molecule has 0 bridgehead atoms. The SMILES string of the molecule is C=C(C)CCC(C=CCC)=CC. The molecular formula is C12H20. The van der Waals surface area contributed by atoms with Crippen molar-refractivity contribution in [3.63, 3.8) is 0 Å². The van der Waals surface area contributed by atoms with Crippen LogP contribution in [0.5, 0.6) is 0 Å². The van der Waals surface area contributed by atoms with E-state index in [2.05, 4.69) is 45.6 Å². The van der Waals surface area contributed by atoms with E-state index in [9.17, 15) is 0 Å². The third kappa shape index (κ3) is 5.96. The lowest BCUT2D eigenvalue weighted by Gasteiger charge is -2.00. The second kappa shape index (κ2) is 6.90. The topological polar surface area (TPSA) is 0 Å². The van der Waals surface area contributed by atoms with E-state index in [-0.39, 0.29) is 0 Å². The molecule has 0 aromatic heterocycles. The molecule has 0 saturated heterocycles. The molecule has 0 saturated carbocycles. The van der Waals surface area contributed by atoms with Crippen LogP contribution in [0.3, 0.4) is 0 Å². The third-order valence-electron chi connectivity index (χ3n) is 1.78. The fourth-order valence-electron chi connectivity index (χ4n) is 0.951. The van der Waals surface area contributed by atoms with Gasteiger partial charge in [-0.15, -0.1) is 6.58 Å². The molecule has 68 valence electrons. The summed E-state index contributed by atoms with van der Waals surface area (Å²) in [5, 5.41) is 0. The largest absolute Gasteiger partial charge is 0.100 e. The van der Waals surface area contributed by atoms with Gasteiger partial charge in [0.05, 0.1) is 0 Å². The Morgan fingerprint density at radius 2 is 2.00 bits per heavy atom. The summed E-state index contributed by atoms with van der Waals surface area (Å²) in [5.74, 6) is 0. The van der Waals surface area contributed by atoms with Gasteiger partial charge in [-0.2, -0.15) is 0 Å². The number of hydrogen-bond donors (Lipinski definition) is 0. The predicted molar refractivity (Wildman–Crippen MR) is 57.2 cm³/mol. The highest BCUT2D eigenvalue weighted by Crippen LogP contribution is 2.11. The number of allylic oxidation sites excluding steroid dienone is 5. The van der Waals surface area contributed by atoms with Crippen LogP contribution in [0, 0.1) is 0 Å². The van der Waals surface area contributed by atoms with Crippen molar-refractivity contribution < 1.29 is 0 Å². The lowest BCUT2D eigenvalue weighted by atomic mass is 10.1. The van der Waals surface area contributed by atoms with Gasteiger partial charge < -0.3 is 0 Å². The van der Waals surface area contributed by atoms with Gasteiger partial charge >= 0.3 is 0 Å². The molecular weight excluding hydrogens is 144 g/mol. The van der Waals surface area contributed by atoms with Crippen molar-refractivity contribution in [2.24, 2.45) is 0 Å². The van der Waals surface area contributed by atoms with Crippen molar-refractivity contribution in [1.82, 2.24) is 0 Å². The highest BCUT2D eigenvalue weighted by molar-refractivity contribution is 5.18. The smallest absolute Gasteiger partial charge is 0.0245 e. The average molecular weight is 164 g/mol. The van der Waals surface area contributed by atoms with Crippen LogP contribution < -0.4 is 0 Å². The predicted octanol–water partition coefficient (Wildman–Crippen LogP) is 4.26. The summed E-state index contributed by atoms with van der Waals surface area (Å²) in [5.41, 5.74) is 2.68. The molecule has 0 spiro atoms. The van der Waals surface area contributed by atoms with Crippen LogP contribution in [0.4, 0.5) is 0 Å². The minimum Gasteiger partial charge on any atom is -0.100 e. The minimum atomic E-state index is 1.10. The molecule has 0 heteroatoms. The molecule has 0 aromatic rings. The zero-order valence-electron chi connectivity index (χ0n) is 8.56. The monoisotopic (exact) mass is 164 g/mol. The Morgan fingerprint density at radius 3 is 2.42 bits per heavy atom. The zero-order valence-corrected chi connectivity index (χ0v) is 8.56. The Bertz CT molecular complexity index is 182. The van der Waals surface area contributed by atoms with Crippen LogP contribution in [0.15, 0.2) is 36.0 Å². The first-order chi connectivity index (χ1) is 5.70. The van der Waals surface area contributed by atoms with Crippen molar-refractivity contribution in [1.29, 1.82) is 0 Å². The number of rotatable bonds is 5. The quantitative estimate of drug-likeness (QED) is 0.421. The molecule has 0 amide bonds. The summed E-state index contributed by atoms with van der Waals surface area (Å²) in [4.78, 5) is 0. The Kier molecular flexibility index (Phi) is 6.45. The van der Waals surface area contributed by atoms with Gasteiger partial charge in [-0.05, 0) is 33.1 Å². The summed E-state index contributed by atoms with van der Waals surface area (Å²) in [6.07, 6.45) is 9.94. The van der Waals surface area contributed by atoms with Gasteiger partial charge in [0.1, 0.15) is 0 Å². The van der Waals surface area contributed by atoms with E-state index in [4.69, 9.17) is 0 Å². The van der Waals surface area contributed by atoms with Gasteiger partial charge in [-0.1, -0.05) is 36.3 Å². The molecule has 0 aromatic carbocycles. The molecule has 0 radical (unpaired) electrons. The highest BCUT2D eigenvalue weighted by atomic mass is 14.0. The highest BCUT2D eigenvalue weighted by Gasteiger charge is 1.91. The second-order valence-electron chi connectivity index (χ2n) is 3.13. The van der Waals surface area contributed by atoms with Gasteiger partial charge in [0, 0.05) is 0 Å². The normalized spacial score (nSPS) is 12.4. The standard InChI is InChI=1S/C12H20/c1-5-7-8-12(6-2)10-9-11(3)4/h6-8H,3,5,9-10H2,1-2,4H3. The fourth-order valence-corrected chi connectivity index (χ4v) is 0.951. The lowest BCUT2D eigenvalue weighted by molar-refractivity contribution is 0.946. The first kappa shape index (κ1) is 11.2. The van der Waals surface area contributed by atoms with Gasteiger partial charge in [0.15, 0.2) is 0 Å². The first-order valence-corrected chi connectivity index (χ1v) is 4.66. The van der Waals surface area contributed by atoms with E-state index in [1.807, 2.05) is 0 Å². The van der Waals surface area contributed by atoms with Crippen molar-refractivity contribution in [2.75, 3.05) is 0 Å². The number of hydrogen-bond acceptors (Lipinski definition) is 0. The summed E-state index contributed by atoms with van der Waals surface area (Å²) in [7, 11) is 0. The van der Waals surface area contributed by atoms with Crippen molar-refractivity contribution in [2.45, 2.75) is 40.0 Å². The molecule has 12 heavy (non-hydrogen) atoms. The van der Waals surface area contributed by atoms with E-state index in [0.717, 1.165) is 19.3 Å². The fraction of sp³-hybridized carbons (Fsp3) is 0.500. The molecule has 0 rings (SSSR count). The molecule has 0 unspecified atom stereocenters. The minimum absolute atomic E-state index is 1.10. The van der Waals surface area contributed by atoms with E-state index in [0.29, 0.717) is 0 Å². The Labute approximate surface area is 76.7 Å². The molecule has 0 nitrogen and oxygen atoms in total. The molecule has 0 heterocycles. The van der Waals surface area contributed by atoms with Crippen LogP contribution in [-0.2, 0) is 0 Å².